The number of cyclic esters (lactones) is 1. The number of ether oxygens (including phenoxy) is 2. The molecule has 0 fully saturated rings. The molecule has 0 radical (unpaired) electrons. The van der Waals surface area contributed by atoms with Crippen molar-refractivity contribution in [2.75, 3.05) is 19.8 Å². The van der Waals surface area contributed by atoms with Crippen molar-refractivity contribution in [3.63, 3.8) is 0 Å². The third kappa shape index (κ3) is 10.3. The number of carbonyl (C=O) groups excluding carboxylic acids is 4. The van der Waals surface area contributed by atoms with Crippen LogP contribution in [0.1, 0.15) is 36.0 Å². The Balaban J connectivity index is 1.33. The topological polar surface area (TPSA) is 150 Å². The molecule has 0 unspecified atom stereocenters. The van der Waals surface area contributed by atoms with Gasteiger partial charge in [0.15, 0.2) is 0 Å². The standard InChI is InChI=1S/C38H42N4O7/c43-20-19-42(24-27-11-3-1-4-12-27)35(44)22-29-15-7-9-18-34(41-38(47)49-25-28-13-5-2-6-14-28)37(46)48-26-31(40-36(29)45)21-30-23-39-33-17-10-8-16-32(30)33/h1-14,16-17,23,29,31,34,39,43H,15,18-22,24-26H2,(H,40,45)(H,41,47)/t29-,31+,34-/m1/s1. The number of alkyl carbamates (subject to hydrolysis) is 1. The number of benzene rings is 3. The van der Waals surface area contributed by atoms with E-state index in [1.165, 1.54) is 0 Å². The van der Waals surface area contributed by atoms with E-state index in [1.54, 1.807) is 17.1 Å². The number of fused-ring (bicyclic) bond motifs is 1. The maximum Gasteiger partial charge on any atom is 0.408 e. The molecule has 3 aromatic carbocycles. The molecule has 4 N–H and O–H groups in total. The van der Waals surface area contributed by atoms with Crippen LogP contribution in [0.25, 0.3) is 10.9 Å². The fourth-order valence-corrected chi connectivity index (χ4v) is 5.77. The maximum absolute atomic E-state index is 13.8. The molecular formula is C38H42N4O7. The van der Waals surface area contributed by atoms with Gasteiger partial charge >= 0.3 is 12.1 Å². The van der Waals surface area contributed by atoms with Crippen molar-refractivity contribution in [2.45, 2.75) is 50.9 Å². The molecule has 49 heavy (non-hydrogen) atoms. The lowest BCUT2D eigenvalue weighted by Crippen LogP contribution is -2.47. The highest BCUT2D eigenvalue weighted by atomic mass is 16.6. The highest BCUT2D eigenvalue weighted by Crippen LogP contribution is 2.21. The number of aromatic amines is 1. The molecule has 0 saturated heterocycles. The average Bonchev–Trinajstić information content (AvgIpc) is 3.53. The maximum atomic E-state index is 13.8. The molecule has 1 aliphatic rings. The molecule has 3 amide bonds. The Morgan fingerprint density at radius 1 is 0.918 bits per heavy atom. The molecule has 256 valence electrons. The monoisotopic (exact) mass is 666 g/mol. The largest absolute Gasteiger partial charge is 0.462 e. The molecule has 0 spiro atoms. The van der Waals surface area contributed by atoms with Crippen LogP contribution in [-0.4, -0.2) is 70.7 Å². The first-order chi connectivity index (χ1) is 23.9. The third-order valence-corrected chi connectivity index (χ3v) is 8.39. The highest BCUT2D eigenvalue weighted by molar-refractivity contribution is 5.87. The Labute approximate surface area is 285 Å². The van der Waals surface area contributed by atoms with E-state index in [2.05, 4.69) is 15.6 Å². The van der Waals surface area contributed by atoms with Crippen molar-refractivity contribution in [2.24, 2.45) is 5.92 Å². The van der Waals surface area contributed by atoms with E-state index in [9.17, 15) is 24.3 Å². The first-order valence-electron chi connectivity index (χ1n) is 16.5. The van der Waals surface area contributed by atoms with Crippen LogP contribution in [0.3, 0.4) is 0 Å². The van der Waals surface area contributed by atoms with E-state index < -0.39 is 30.1 Å². The summed E-state index contributed by atoms with van der Waals surface area (Å²) in [5.41, 5.74) is 3.57. The van der Waals surface area contributed by atoms with Gasteiger partial charge in [0, 0.05) is 36.6 Å². The van der Waals surface area contributed by atoms with Gasteiger partial charge in [-0.15, -0.1) is 0 Å². The molecule has 11 heteroatoms. The quantitative estimate of drug-likeness (QED) is 0.137. The molecule has 5 rings (SSSR count). The minimum atomic E-state index is -1.03. The van der Waals surface area contributed by atoms with Crippen molar-refractivity contribution >= 4 is 34.8 Å². The number of allylic oxidation sites excluding steroid dienone is 1. The average molecular weight is 667 g/mol. The Bertz CT molecular complexity index is 1720. The lowest BCUT2D eigenvalue weighted by Gasteiger charge is -2.26. The first-order valence-corrected chi connectivity index (χ1v) is 16.5. The highest BCUT2D eigenvalue weighted by Gasteiger charge is 2.29. The summed E-state index contributed by atoms with van der Waals surface area (Å²) in [6.45, 7) is 0.101. The number of aromatic nitrogens is 1. The van der Waals surface area contributed by atoms with Gasteiger partial charge in [-0.25, -0.2) is 9.59 Å². The van der Waals surface area contributed by atoms with Crippen molar-refractivity contribution in [3.8, 4) is 0 Å². The van der Waals surface area contributed by atoms with Crippen LogP contribution in [0.5, 0.6) is 0 Å². The molecule has 3 atom stereocenters. The summed E-state index contributed by atoms with van der Waals surface area (Å²) in [4.78, 5) is 58.1. The first kappa shape index (κ1) is 34.9. The van der Waals surface area contributed by atoms with Crippen LogP contribution >= 0.6 is 0 Å². The Kier molecular flexibility index (Phi) is 12.6. The zero-order valence-corrected chi connectivity index (χ0v) is 27.3. The van der Waals surface area contributed by atoms with Crippen molar-refractivity contribution < 1.29 is 33.8 Å². The van der Waals surface area contributed by atoms with Gasteiger partial charge in [-0.2, -0.15) is 0 Å². The second-order valence-corrected chi connectivity index (χ2v) is 12.0. The van der Waals surface area contributed by atoms with Crippen LogP contribution in [0.2, 0.25) is 0 Å². The fraction of sp³-hybridized carbons (Fsp3) is 0.316. The van der Waals surface area contributed by atoms with E-state index in [1.807, 2.05) is 91.1 Å². The smallest absolute Gasteiger partial charge is 0.408 e. The van der Waals surface area contributed by atoms with Crippen LogP contribution in [-0.2, 0) is 43.4 Å². The van der Waals surface area contributed by atoms with E-state index in [0.29, 0.717) is 13.0 Å². The molecule has 2 heterocycles. The van der Waals surface area contributed by atoms with E-state index in [0.717, 1.165) is 27.6 Å². The van der Waals surface area contributed by atoms with Gasteiger partial charge < -0.3 is 35.1 Å². The zero-order chi connectivity index (χ0) is 34.4. The lowest BCUT2D eigenvalue weighted by molar-refractivity contribution is -0.147. The number of nitrogens with zero attached hydrogens (tertiary/aromatic N) is 1. The van der Waals surface area contributed by atoms with Gasteiger partial charge in [0.25, 0.3) is 0 Å². The van der Waals surface area contributed by atoms with Crippen molar-refractivity contribution in [3.05, 3.63) is 120 Å². The number of carbonyl (C=O) groups is 4. The summed E-state index contributed by atoms with van der Waals surface area (Å²) in [6.07, 6.45) is 5.10. The number of esters is 1. The minimum Gasteiger partial charge on any atom is -0.462 e. The molecule has 1 aliphatic heterocycles. The number of aliphatic hydroxyl groups excluding tert-OH is 1. The van der Waals surface area contributed by atoms with Gasteiger partial charge in [-0.05, 0) is 42.0 Å². The number of rotatable bonds is 11. The van der Waals surface area contributed by atoms with Crippen LogP contribution < -0.4 is 10.6 Å². The Hall–Kier alpha value is -5.42. The second kappa shape index (κ2) is 17.7. The summed E-state index contributed by atoms with van der Waals surface area (Å²) in [5, 5.41) is 16.3. The van der Waals surface area contributed by atoms with Crippen LogP contribution in [0.15, 0.2) is 103 Å². The van der Waals surface area contributed by atoms with Crippen LogP contribution in [0, 0.1) is 5.92 Å². The van der Waals surface area contributed by atoms with E-state index in [4.69, 9.17) is 9.47 Å². The molecule has 1 aromatic heterocycles. The van der Waals surface area contributed by atoms with E-state index in [-0.39, 0.29) is 57.4 Å². The number of amides is 3. The number of para-hydroxylation sites is 1. The van der Waals surface area contributed by atoms with Crippen molar-refractivity contribution in [1.82, 2.24) is 20.5 Å². The van der Waals surface area contributed by atoms with Gasteiger partial charge in [0.2, 0.25) is 11.8 Å². The number of hydrogen-bond donors (Lipinski definition) is 4. The second-order valence-electron chi connectivity index (χ2n) is 12.0. The predicted octanol–water partition coefficient (Wildman–Crippen LogP) is 4.41. The summed E-state index contributed by atoms with van der Waals surface area (Å²) in [7, 11) is 0. The number of hydrogen-bond acceptors (Lipinski definition) is 7. The number of nitrogens with one attached hydrogen (secondary N) is 3. The fourth-order valence-electron chi connectivity index (χ4n) is 5.77. The van der Waals surface area contributed by atoms with Gasteiger partial charge in [0.1, 0.15) is 19.3 Å². The van der Waals surface area contributed by atoms with Gasteiger partial charge in [-0.1, -0.05) is 91.0 Å². The molecule has 11 nitrogen and oxygen atoms in total. The Morgan fingerprint density at radius 2 is 1.61 bits per heavy atom. The summed E-state index contributed by atoms with van der Waals surface area (Å²) in [6, 6.07) is 24.8. The number of H-pyrrole nitrogens is 1. The molecule has 4 aromatic rings. The minimum absolute atomic E-state index is 0.0380. The molecule has 0 aliphatic carbocycles. The third-order valence-electron chi connectivity index (χ3n) is 8.39. The molecule has 0 bridgehead atoms. The predicted molar refractivity (Wildman–Crippen MR) is 184 cm³/mol. The molecular weight excluding hydrogens is 624 g/mol. The SMILES string of the molecule is O=C(N[C@@H]1CC=CC[C@H](CC(=O)N(CCO)Cc2ccccc2)C(=O)N[C@@H](Cc2c[nH]c3ccccc23)COC1=O)OCc1ccccc1. The molecule has 0 saturated carbocycles. The van der Waals surface area contributed by atoms with Crippen LogP contribution in [0.4, 0.5) is 4.79 Å². The zero-order valence-electron chi connectivity index (χ0n) is 27.3. The van der Waals surface area contributed by atoms with Crippen molar-refractivity contribution in [1.29, 1.82) is 0 Å². The van der Waals surface area contributed by atoms with Gasteiger partial charge in [-0.3, -0.25) is 9.59 Å². The summed E-state index contributed by atoms with van der Waals surface area (Å²) >= 11 is 0. The number of aliphatic hydroxyl groups is 1. The summed E-state index contributed by atoms with van der Waals surface area (Å²) in [5.74, 6) is -2.00. The normalized spacial score (nSPS) is 18.4. The lowest BCUT2D eigenvalue weighted by atomic mass is 9.96. The van der Waals surface area contributed by atoms with Gasteiger partial charge in [0.05, 0.1) is 18.6 Å². The summed E-state index contributed by atoms with van der Waals surface area (Å²) < 4.78 is 11.0. The van der Waals surface area contributed by atoms with E-state index >= 15 is 0 Å². The Morgan fingerprint density at radius 3 is 2.37 bits per heavy atom.